The molecule has 1 rings (SSSR count). The van der Waals surface area contributed by atoms with E-state index in [1.807, 2.05) is 0 Å². The SMILES string of the molecule is CC(C)CNC(=O)CCNCC1CCCN1. The van der Waals surface area contributed by atoms with Gasteiger partial charge in [-0.15, -0.1) is 0 Å². The Morgan fingerprint density at radius 2 is 2.31 bits per heavy atom. The topological polar surface area (TPSA) is 53.2 Å². The van der Waals surface area contributed by atoms with Gasteiger partial charge < -0.3 is 16.0 Å². The number of carbonyl (C=O) groups excluding carboxylic acids is 1. The molecule has 1 aliphatic rings. The van der Waals surface area contributed by atoms with Gasteiger partial charge in [-0.05, 0) is 25.3 Å². The van der Waals surface area contributed by atoms with Crippen LogP contribution in [-0.2, 0) is 4.79 Å². The molecular weight excluding hydrogens is 202 g/mol. The number of nitrogens with one attached hydrogen (secondary N) is 3. The molecule has 16 heavy (non-hydrogen) atoms. The first-order chi connectivity index (χ1) is 7.68. The molecule has 0 aromatic carbocycles. The van der Waals surface area contributed by atoms with Crippen LogP contribution in [0.4, 0.5) is 0 Å². The van der Waals surface area contributed by atoms with E-state index in [9.17, 15) is 4.79 Å². The maximum absolute atomic E-state index is 11.4. The average molecular weight is 227 g/mol. The normalized spacial score (nSPS) is 20.3. The Hall–Kier alpha value is -0.610. The summed E-state index contributed by atoms with van der Waals surface area (Å²) in [7, 11) is 0. The number of carbonyl (C=O) groups is 1. The second-order valence-corrected chi connectivity index (χ2v) is 4.95. The van der Waals surface area contributed by atoms with Crippen molar-refractivity contribution in [2.45, 2.75) is 39.2 Å². The zero-order chi connectivity index (χ0) is 11.8. The summed E-state index contributed by atoms with van der Waals surface area (Å²) in [5.74, 6) is 0.681. The molecule has 3 N–H and O–H groups in total. The van der Waals surface area contributed by atoms with Gasteiger partial charge in [0.05, 0.1) is 0 Å². The molecule has 94 valence electrons. The van der Waals surface area contributed by atoms with Crippen LogP contribution in [0.15, 0.2) is 0 Å². The molecule has 0 saturated carbocycles. The summed E-state index contributed by atoms with van der Waals surface area (Å²) in [4.78, 5) is 11.4. The van der Waals surface area contributed by atoms with Crippen molar-refractivity contribution in [3.8, 4) is 0 Å². The molecule has 0 aromatic rings. The van der Waals surface area contributed by atoms with Crippen molar-refractivity contribution in [2.75, 3.05) is 26.2 Å². The first kappa shape index (κ1) is 13.5. The molecule has 1 saturated heterocycles. The molecule has 1 aliphatic heterocycles. The van der Waals surface area contributed by atoms with Crippen LogP contribution < -0.4 is 16.0 Å². The first-order valence-corrected chi connectivity index (χ1v) is 6.39. The third-order valence-corrected chi connectivity index (χ3v) is 2.79. The Balaban J connectivity index is 1.91. The summed E-state index contributed by atoms with van der Waals surface area (Å²) in [5.41, 5.74) is 0. The van der Waals surface area contributed by atoms with E-state index in [4.69, 9.17) is 0 Å². The van der Waals surface area contributed by atoms with Crippen molar-refractivity contribution >= 4 is 5.91 Å². The predicted molar refractivity (Wildman–Crippen MR) is 66.4 cm³/mol. The predicted octanol–water partition coefficient (Wildman–Crippen LogP) is 0.490. The zero-order valence-corrected chi connectivity index (χ0v) is 10.5. The average Bonchev–Trinajstić information content (AvgIpc) is 2.74. The van der Waals surface area contributed by atoms with Gasteiger partial charge in [-0.1, -0.05) is 13.8 Å². The second kappa shape index (κ2) is 7.63. The van der Waals surface area contributed by atoms with E-state index in [-0.39, 0.29) is 5.91 Å². The summed E-state index contributed by atoms with van der Waals surface area (Å²) in [6, 6.07) is 0.610. The van der Waals surface area contributed by atoms with Crippen molar-refractivity contribution < 1.29 is 4.79 Å². The summed E-state index contributed by atoms with van der Waals surface area (Å²) in [5, 5.41) is 9.66. The quantitative estimate of drug-likeness (QED) is 0.555. The fourth-order valence-corrected chi connectivity index (χ4v) is 1.82. The Bertz CT molecular complexity index is 200. The number of rotatable bonds is 7. The Morgan fingerprint density at radius 1 is 1.50 bits per heavy atom. The lowest BCUT2D eigenvalue weighted by molar-refractivity contribution is -0.121. The Morgan fingerprint density at radius 3 is 2.94 bits per heavy atom. The van der Waals surface area contributed by atoms with E-state index in [0.29, 0.717) is 18.4 Å². The largest absolute Gasteiger partial charge is 0.356 e. The first-order valence-electron chi connectivity index (χ1n) is 6.39. The van der Waals surface area contributed by atoms with Crippen LogP contribution in [-0.4, -0.2) is 38.1 Å². The van der Waals surface area contributed by atoms with Crippen LogP contribution in [0.3, 0.4) is 0 Å². The second-order valence-electron chi connectivity index (χ2n) is 4.95. The van der Waals surface area contributed by atoms with Crippen LogP contribution in [0.2, 0.25) is 0 Å². The van der Waals surface area contributed by atoms with Crippen molar-refractivity contribution in [3.05, 3.63) is 0 Å². The lowest BCUT2D eigenvalue weighted by Crippen LogP contribution is -2.36. The van der Waals surface area contributed by atoms with Crippen LogP contribution in [0, 0.1) is 5.92 Å². The molecule has 1 unspecified atom stereocenters. The summed E-state index contributed by atoms with van der Waals surface area (Å²) in [6.07, 6.45) is 3.12. The fraction of sp³-hybridized carbons (Fsp3) is 0.917. The van der Waals surface area contributed by atoms with Gasteiger partial charge in [0.15, 0.2) is 0 Å². The molecule has 0 bridgehead atoms. The molecule has 0 spiro atoms. The zero-order valence-electron chi connectivity index (χ0n) is 10.5. The summed E-state index contributed by atoms with van der Waals surface area (Å²) in [6.45, 7) is 7.89. The van der Waals surface area contributed by atoms with Crippen molar-refractivity contribution in [1.82, 2.24) is 16.0 Å². The van der Waals surface area contributed by atoms with E-state index in [0.717, 1.165) is 26.2 Å². The minimum atomic E-state index is 0.153. The number of amides is 1. The van der Waals surface area contributed by atoms with Gasteiger partial charge in [-0.3, -0.25) is 4.79 Å². The third-order valence-electron chi connectivity index (χ3n) is 2.79. The lowest BCUT2D eigenvalue weighted by atomic mass is 10.2. The molecule has 4 heteroatoms. The molecule has 4 nitrogen and oxygen atoms in total. The van der Waals surface area contributed by atoms with Crippen molar-refractivity contribution in [1.29, 1.82) is 0 Å². The third kappa shape index (κ3) is 6.08. The molecule has 1 heterocycles. The minimum absolute atomic E-state index is 0.153. The number of hydrogen-bond acceptors (Lipinski definition) is 3. The van der Waals surface area contributed by atoms with Crippen LogP contribution >= 0.6 is 0 Å². The van der Waals surface area contributed by atoms with Gasteiger partial charge in [0.2, 0.25) is 5.91 Å². The van der Waals surface area contributed by atoms with Crippen LogP contribution in [0.5, 0.6) is 0 Å². The van der Waals surface area contributed by atoms with Crippen LogP contribution in [0.25, 0.3) is 0 Å². The van der Waals surface area contributed by atoms with E-state index < -0.39 is 0 Å². The molecule has 0 aromatic heterocycles. The highest BCUT2D eigenvalue weighted by Gasteiger charge is 2.12. The Kier molecular flexibility index (Phi) is 6.42. The highest BCUT2D eigenvalue weighted by molar-refractivity contribution is 5.76. The standard InChI is InChI=1S/C12H25N3O/c1-10(2)8-15-12(16)5-7-13-9-11-4-3-6-14-11/h10-11,13-14H,3-9H2,1-2H3,(H,15,16). The van der Waals surface area contributed by atoms with Gasteiger partial charge in [0.25, 0.3) is 0 Å². The van der Waals surface area contributed by atoms with E-state index in [1.54, 1.807) is 0 Å². The van der Waals surface area contributed by atoms with Gasteiger partial charge in [-0.25, -0.2) is 0 Å². The Labute approximate surface area is 98.6 Å². The van der Waals surface area contributed by atoms with Gasteiger partial charge in [-0.2, -0.15) is 0 Å². The van der Waals surface area contributed by atoms with E-state index >= 15 is 0 Å². The fourth-order valence-electron chi connectivity index (χ4n) is 1.82. The molecule has 0 radical (unpaired) electrons. The minimum Gasteiger partial charge on any atom is -0.356 e. The highest BCUT2D eigenvalue weighted by Crippen LogP contribution is 2.02. The smallest absolute Gasteiger partial charge is 0.221 e. The van der Waals surface area contributed by atoms with E-state index in [2.05, 4.69) is 29.8 Å². The molecule has 1 fully saturated rings. The monoisotopic (exact) mass is 227 g/mol. The van der Waals surface area contributed by atoms with Crippen molar-refractivity contribution in [2.24, 2.45) is 5.92 Å². The summed E-state index contributed by atoms with van der Waals surface area (Å²) < 4.78 is 0. The number of hydrogen-bond donors (Lipinski definition) is 3. The highest BCUT2D eigenvalue weighted by atomic mass is 16.1. The molecule has 1 amide bonds. The molecular formula is C12H25N3O. The van der Waals surface area contributed by atoms with Crippen LogP contribution in [0.1, 0.15) is 33.1 Å². The van der Waals surface area contributed by atoms with Gasteiger partial charge >= 0.3 is 0 Å². The maximum Gasteiger partial charge on any atom is 0.221 e. The lowest BCUT2D eigenvalue weighted by Gasteiger charge is -2.11. The van der Waals surface area contributed by atoms with Crippen molar-refractivity contribution in [3.63, 3.8) is 0 Å². The van der Waals surface area contributed by atoms with Gasteiger partial charge in [0, 0.05) is 32.1 Å². The molecule has 0 aliphatic carbocycles. The maximum atomic E-state index is 11.4. The van der Waals surface area contributed by atoms with Gasteiger partial charge in [0.1, 0.15) is 0 Å². The molecule has 1 atom stereocenters. The summed E-state index contributed by atoms with van der Waals surface area (Å²) >= 11 is 0. The van der Waals surface area contributed by atoms with E-state index in [1.165, 1.54) is 12.8 Å².